The molecule has 0 saturated heterocycles. The van der Waals surface area contributed by atoms with Gasteiger partial charge in [-0.1, -0.05) is 43.6 Å². The number of pyridine rings is 1. The highest BCUT2D eigenvalue weighted by Gasteiger charge is 2.13. The van der Waals surface area contributed by atoms with Crippen LogP contribution in [0.2, 0.25) is 5.15 Å². The van der Waals surface area contributed by atoms with Crippen molar-refractivity contribution in [3.05, 3.63) is 57.1 Å². The molecular formula is C17H16ClN3OS. The largest absolute Gasteiger partial charge is 0.346 e. The molecular weight excluding hydrogens is 330 g/mol. The molecule has 0 radical (unpaired) electrons. The lowest BCUT2D eigenvalue weighted by Crippen LogP contribution is -2.23. The molecule has 1 aromatic carbocycles. The van der Waals surface area contributed by atoms with Gasteiger partial charge in [0.15, 0.2) is 0 Å². The number of halogens is 1. The summed E-state index contributed by atoms with van der Waals surface area (Å²) in [4.78, 5) is 21.3. The first-order valence-electron chi connectivity index (χ1n) is 7.32. The number of hydrogen-bond acceptors (Lipinski definition) is 4. The van der Waals surface area contributed by atoms with Gasteiger partial charge in [-0.2, -0.15) is 0 Å². The molecule has 6 heteroatoms. The third-order valence-corrected chi connectivity index (χ3v) is 4.81. The Morgan fingerprint density at radius 2 is 2.09 bits per heavy atom. The summed E-state index contributed by atoms with van der Waals surface area (Å²) in [5.74, 6) is 0.219. The zero-order valence-corrected chi connectivity index (χ0v) is 14.4. The van der Waals surface area contributed by atoms with Gasteiger partial charge in [-0.25, -0.2) is 9.97 Å². The summed E-state index contributed by atoms with van der Waals surface area (Å²) in [6.07, 6.45) is 0. The number of thiazole rings is 1. The molecule has 0 fully saturated rings. The molecule has 0 saturated carbocycles. The predicted molar refractivity (Wildman–Crippen MR) is 94.1 cm³/mol. The maximum Gasteiger partial charge on any atom is 0.252 e. The topological polar surface area (TPSA) is 54.9 Å². The molecule has 3 aromatic rings. The van der Waals surface area contributed by atoms with Crippen molar-refractivity contribution in [3.63, 3.8) is 0 Å². The van der Waals surface area contributed by atoms with Crippen molar-refractivity contribution in [3.8, 4) is 0 Å². The first-order valence-corrected chi connectivity index (χ1v) is 8.58. The van der Waals surface area contributed by atoms with Crippen LogP contribution in [0.3, 0.4) is 0 Å². The lowest BCUT2D eigenvalue weighted by molar-refractivity contribution is 0.0952. The molecule has 0 spiro atoms. The quantitative estimate of drug-likeness (QED) is 0.713. The molecule has 23 heavy (non-hydrogen) atoms. The molecule has 3 rings (SSSR count). The lowest BCUT2D eigenvalue weighted by atomic mass is 10.1. The van der Waals surface area contributed by atoms with Crippen molar-refractivity contribution in [2.45, 2.75) is 26.3 Å². The van der Waals surface area contributed by atoms with Crippen molar-refractivity contribution in [2.24, 2.45) is 0 Å². The summed E-state index contributed by atoms with van der Waals surface area (Å²) < 4.78 is 0. The maximum absolute atomic E-state index is 12.5. The fourth-order valence-electron chi connectivity index (χ4n) is 2.27. The van der Waals surface area contributed by atoms with E-state index in [9.17, 15) is 4.79 Å². The molecule has 0 aliphatic rings. The van der Waals surface area contributed by atoms with E-state index in [1.165, 1.54) is 0 Å². The van der Waals surface area contributed by atoms with Crippen LogP contribution in [0.4, 0.5) is 0 Å². The monoisotopic (exact) mass is 345 g/mol. The summed E-state index contributed by atoms with van der Waals surface area (Å²) in [6.45, 7) is 4.61. The second kappa shape index (κ2) is 6.64. The molecule has 4 nitrogen and oxygen atoms in total. The highest BCUT2D eigenvalue weighted by atomic mass is 35.5. The standard InChI is InChI=1S/C17H16ClN3OS/c1-10(2)17-20-11(9-23-17)8-19-16(22)13-7-15(18)21-14-6-4-3-5-12(13)14/h3-7,9-10H,8H2,1-2H3,(H,19,22). The number of carbonyl (C=O) groups is 1. The Balaban J connectivity index is 1.80. The number of benzene rings is 1. The van der Waals surface area contributed by atoms with Crippen LogP contribution in [0.5, 0.6) is 0 Å². The van der Waals surface area contributed by atoms with Gasteiger partial charge in [-0.3, -0.25) is 4.79 Å². The van der Waals surface area contributed by atoms with Crippen LogP contribution in [-0.2, 0) is 6.54 Å². The second-order valence-corrected chi connectivity index (χ2v) is 6.80. The summed E-state index contributed by atoms with van der Waals surface area (Å²) in [5, 5.41) is 7.06. The predicted octanol–water partition coefficient (Wildman–Crippen LogP) is 4.40. The maximum atomic E-state index is 12.5. The third kappa shape index (κ3) is 3.51. The number of amides is 1. The number of carbonyl (C=O) groups excluding carboxylic acids is 1. The van der Waals surface area contributed by atoms with E-state index in [2.05, 4.69) is 29.1 Å². The average Bonchev–Trinajstić information content (AvgIpc) is 3.01. The SMILES string of the molecule is CC(C)c1nc(CNC(=O)c2cc(Cl)nc3ccccc23)cs1. The molecule has 1 amide bonds. The van der Waals surface area contributed by atoms with E-state index in [1.807, 2.05) is 29.6 Å². The Hall–Kier alpha value is -1.98. The van der Waals surface area contributed by atoms with Crippen LogP contribution >= 0.6 is 22.9 Å². The summed E-state index contributed by atoms with van der Waals surface area (Å²) in [6, 6.07) is 9.06. The number of hydrogen-bond donors (Lipinski definition) is 1. The Labute approximate surface area is 143 Å². The van der Waals surface area contributed by atoms with Crippen molar-refractivity contribution >= 4 is 39.7 Å². The van der Waals surface area contributed by atoms with E-state index in [4.69, 9.17) is 11.6 Å². The normalized spacial score (nSPS) is 11.1. The summed E-state index contributed by atoms with van der Waals surface area (Å²) in [5.41, 5.74) is 2.11. The van der Waals surface area contributed by atoms with Gasteiger partial charge in [0, 0.05) is 16.7 Å². The van der Waals surface area contributed by atoms with E-state index in [0.717, 1.165) is 16.1 Å². The Kier molecular flexibility index (Phi) is 4.59. The highest BCUT2D eigenvalue weighted by Crippen LogP contribution is 2.21. The number of rotatable bonds is 4. The first kappa shape index (κ1) is 15.9. The second-order valence-electron chi connectivity index (χ2n) is 5.52. The zero-order valence-electron chi connectivity index (χ0n) is 12.8. The Bertz CT molecular complexity index is 860. The van der Waals surface area contributed by atoms with Crippen LogP contribution in [-0.4, -0.2) is 15.9 Å². The minimum Gasteiger partial charge on any atom is -0.346 e. The lowest BCUT2D eigenvalue weighted by Gasteiger charge is -2.07. The molecule has 1 N–H and O–H groups in total. The summed E-state index contributed by atoms with van der Waals surface area (Å²) >= 11 is 7.64. The summed E-state index contributed by atoms with van der Waals surface area (Å²) in [7, 11) is 0. The van der Waals surface area contributed by atoms with Gasteiger partial charge in [-0.15, -0.1) is 11.3 Å². The van der Waals surface area contributed by atoms with E-state index < -0.39 is 0 Å². The smallest absolute Gasteiger partial charge is 0.252 e. The van der Waals surface area contributed by atoms with Gasteiger partial charge in [-0.05, 0) is 12.1 Å². The molecule has 118 valence electrons. The zero-order chi connectivity index (χ0) is 16.4. The molecule has 2 aromatic heterocycles. The van der Waals surface area contributed by atoms with E-state index >= 15 is 0 Å². The van der Waals surface area contributed by atoms with Gasteiger partial charge in [0.05, 0.1) is 28.3 Å². The van der Waals surface area contributed by atoms with Crippen LogP contribution in [0.15, 0.2) is 35.7 Å². The van der Waals surface area contributed by atoms with Gasteiger partial charge < -0.3 is 5.32 Å². The minimum absolute atomic E-state index is 0.176. The molecule has 0 aliphatic heterocycles. The third-order valence-electron chi connectivity index (χ3n) is 3.42. The fraction of sp³-hybridized carbons (Fsp3) is 0.235. The van der Waals surface area contributed by atoms with Gasteiger partial charge >= 0.3 is 0 Å². The number of aromatic nitrogens is 2. The number of nitrogens with one attached hydrogen (secondary N) is 1. The first-order chi connectivity index (χ1) is 11.0. The van der Waals surface area contributed by atoms with Crippen molar-refractivity contribution < 1.29 is 4.79 Å². The molecule has 0 aliphatic carbocycles. The van der Waals surface area contributed by atoms with Gasteiger partial charge in [0.25, 0.3) is 5.91 Å². The van der Waals surface area contributed by atoms with Crippen LogP contribution < -0.4 is 5.32 Å². The van der Waals surface area contributed by atoms with E-state index in [1.54, 1.807) is 17.4 Å². The average molecular weight is 346 g/mol. The van der Waals surface area contributed by atoms with Crippen LogP contribution in [0.25, 0.3) is 10.9 Å². The molecule has 2 heterocycles. The minimum atomic E-state index is -0.176. The number of fused-ring (bicyclic) bond motifs is 1. The van der Waals surface area contributed by atoms with E-state index in [-0.39, 0.29) is 5.91 Å². The fourth-order valence-corrected chi connectivity index (χ4v) is 3.30. The van der Waals surface area contributed by atoms with E-state index in [0.29, 0.717) is 28.7 Å². The van der Waals surface area contributed by atoms with Crippen molar-refractivity contribution in [1.29, 1.82) is 0 Å². The van der Waals surface area contributed by atoms with Crippen LogP contribution in [0.1, 0.15) is 40.8 Å². The Morgan fingerprint density at radius 1 is 1.30 bits per heavy atom. The van der Waals surface area contributed by atoms with Crippen LogP contribution in [0, 0.1) is 0 Å². The number of nitrogens with zero attached hydrogens (tertiary/aromatic N) is 2. The van der Waals surface area contributed by atoms with Crippen molar-refractivity contribution in [1.82, 2.24) is 15.3 Å². The highest BCUT2D eigenvalue weighted by molar-refractivity contribution is 7.09. The Morgan fingerprint density at radius 3 is 2.83 bits per heavy atom. The molecule has 0 bridgehead atoms. The molecule has 0 atom stereocenters. The van der Waals surface area contributed by atoms with Gasteiger partial charge in [0.1, 0.15) is 5.15 Å². The van der Waals surface area contributed by atoms with Crippen molar-refractivity contribution in [2.75, 3.05) is 0 Å². The molecule has 0 unspecified atom stereocenters. The van der Waals surface area contributed by atoms with Gasteiger partial charge in [0.2, 0.25) is 0 Å². The number of para-hydroxylation sites is 1.